The number of thiophene rings is 1. The number of hydrogen-bond donors (Lipinski definition) is 1. The number of rotatable bonds is 5. The Hall–Kier alpha value is -1.14. The molecule has 0 atom stereocenters. The summed E-state index contributed by atoms with van der Waals surface area (Å²) in [7, 11) is 0. The van der Waals surface area contributed by atoms with Crippen molar-refractivity contribution in [2.75, 3.05) is 0 Å². The summed E-state index contributed by atoms with van der Waals surface area (Å²) >= 11 is 5.04. The molecule has 0 radical (unpaired) electrons. The molecule has 108 valence electrons. The summed E-state index contributed by atoms with van der Waals surface area (Å²) < 4.78 is 3.00. The van der Waals surface area contributed by atoms with Gasteiger partial charge in [0.2, 0.25) is 5.91 Å². The van der Waals surface area contributed by atoms with E-state index in [1.54, 1.807) is 11.3 Å². The lowest BCUT2D eigenvalue weighted by molar-refractivity contribution is -0.120. The van der Waals surface area contributed by atoms with Crippen molar-refractivity contribution in [2.24, 2.45) is 0 Å². The van der Waals surface area contributed by atoms with Gasteiger partial charge in [0.15, 0.2) is 0 Å². The van der Waals surface area contributed by atoms with Crippen LogP contribution in [0.15, 0.2) is 15.9 Å². The number of halogens is 1. The van der Waals surface area contributed by atoms with Crippen LogP contribution in [0.5, 0.6) is 0 Å². The minimum atomic E-state index is 0.0383. The minimum absolute atomic E-state index is 0.0383. The molecule has 1 amide bonds. The van der Waals surface area contributed by atoms with E-state index in [1.165, 1.54) is 0 Å². The third kappa shape index (κ3) is 3.49. The second-order valence-electron chi connectivity index (χ2n) is 4.65. The zero-order valence-corrected chi connectivity index (χ0v) is 14.3. The van der Waals surface area contributed by atoms with Crippen molar-refractivity contribution in [1.29, 1.82) is 0 Å². The highest BCUT2D eigenvalue weighted by Gasteiger charge is 2.14. The van der Waals surface area contributed by atoms with E-state index in [1.807, 2.05) is 30.0 Å². The van der Waals surface area contributed by atoms with Crippen molar-refractivity contribution >= 4 is 33.2 Å². The molecule has 0 saturated heterocycles. The van der Waals surface area contributed by atoms with Crippen LogP contribution < -0.4 is 5.32 Å². The number of aromatic nitrogens is 2. The first kappa shape index (κ1) is 15.3. The first-order valence-corrected chi connectivity index (χ1v) is 8.21. The summed E-state index contributed by atoms with van der Waals surface area (Å²) in [6, 6.07) is 2.02. The van der Waals surface area contributed by atoms with Gasteiger partial charge in [-0.3, -0.25) is 9.48 Å². The van der Waals surface area contributed by atoms with Gasteiger partial charge < -0.3 is 5.32 Å². The molecule has 0 aromatic carbocycles. The van der Waals surface area contributed by atoms with Crippen LogP contribution in [-0.4, -0.2) is 15.7 Å². The van der Waals surface area contributed by atoms with E-state index in [2.05, 4.69) is 33.3 Å². The summed E-state index contributed by atoms with van der Waals surface area (Å²) in [6.07, 6.45) is 0.393. The Morgan fingerprint density at radius 3 is 2.80 bits per heavy atom. The van der Waals surface area contributed by atoms with Crippen LogP contribution in [0.2, 0.25) is 0 Å². The number of aryl methyl sites for hydroxylation is 2. The van der Waals surface area contributed by atoms with Crippen LogP contribution in [0.4, 0.5) is 0 Å². The van der Waals surface area contributed by atoms with Crippen molar-refractivity contribution in [3.05, 3.63) is 37.7 Å². The molecular weight excluding hydrogens is 338 g/mol. The van der Waals surface area contributed by atoms with E-state index in [0.717, 1.165) is 32.8 Å². The number of nitrogens with zero attached hydrogens (tertiary/aromatic N) is 2. The van der Waals surface area contributed by atoms with Gasteiger partial charge in [0, 0.05) is 32.5 Å². The second kappa shape index (κ2) is 6.54. The molecule has 2 rings (SSSR count). The van der Waals surface area contributed by atoms with E-state index in [9.17, 15) is 4.79 Å². The zero-order valence-electron chi connectivity index (χ0n) is 11.9. The van der Waals surface area contributed by atoms with Gasteiger partial charge in [-0.25, -0.2) is 0 Å². The van der Waals surface area contributed by atoms with Crippen LogP contribution in [-0.2, 0) is 24.3 Å². The van der Waals surface area contributed by atoms with Crippen LogP contribution in [0.1, 0.15) is 28.8 Å². The van der Waals surface area contributed by atoms with E-state index in [4.69, 9.17) is 0 Å². The van der Waals surface area contributed by atoms with Crippen LogP contribution in [0.3, 0.4) is 0 Å². The third-order valence-corrected chi connectivity index (χ3v) is 4.95. The third-order valence-electron chi connectivity index (χ3n) is 3.25. The fourth-order valence-electron chi connectivity index (χ4n) is 2.15. The molecule has 0 saturated carbocycles. The molecule has 2 aromatic rings. The van der Waals surface area contributed by atoms with Gasteiger partial charge in [-0.05, 0) is 42.8 Å². The predicted octanol–water partition coefficient (Wildman–Crippen LogP) is 3.20. The average Bonchev–Trinajstić information content (AvgIpc) is 2.94. The maximum Gasteiger partial charge on any atom is 0.224 e. The Kier molecular flexibility index (Phi) is 4.99. The average molecular weight is 356 g/mol. The first-order valence-electron chi connectivity index (χ1n) is 6.53. The minimum Gasteiger partial charge on any atom is -0.351 e. The first-order chi connectivity index (χ1) is 9.51. The molecular formula is C14H18BrN3OS. The van der Waals surface area contributed by atoms with Crippen molar-refractivity contribution in [2.45, 2.75) is 40.3 Å². The normalized spacial score (nSPS) is 10.8. The van der Waals surface area contributed by atoms with Crippen LogP contribution in [0.25, 0.3) is 0 Å². The summed E-state index contributed by atoms with van der Waals surface area (Å²) in [5, 5.41) is 9.41. The quantitative estimate of drug-likeness (QED) is 0.894. The van der Waals surface area contributed by atoms with Crippen LogP contribution in [0, 0.1) is 13.8 Å². The molecule has 1 N–H and O–H groups in total. The topological polar surface area (TPSA) is 46.9 Å². The van der Waals surface area contributed by atoms with Gasteiger partial charge in [0.25, 0.3) is 0 Å². The molecule has 0 bridgehead atoms. The summed E-state index contributed by atoms with van der Waals surface area (Å²) in [5.41, 5.74) is 3.06. The molecule has 0 fully saturated rings. The second-order valence-corrected chi connectivity index (χ2v) is 6.56. The molecule has 0 aliphatic rings. The van der Waals surface area contributed by atoms with Gasteiger partial charge in [0.1, 0.15) is 0 Å². The maximum absolute atomic E-state index is 12.0. The summed E-state index contributed by atoms with van der Waals surface area (Å²) in [6.45, 7) is 7.44. The Morgan fingerprint density at radius 1 is 1.50 bits per heavy atom. The molecule has 0 aliphatic carbocycles. The molecule has 0 spiro atoms. The highest BCUT2D eigenvalue weighted by molar-refractivity contribution is 9.10. The molecule has 4 nitrogen and oxygen atoms in total. The number of amides is 1. The molecule has 20 heavy (non-hydrogen) atoms. The van der Waals surface area contributed by atoms with Gasteiger partial charge in [0.05, 0.1) is 18.7 Å². The lowest BCUT2D eigenvalue weighted by atomic mass is 10.1. The Labute approximate surface area is 131 Å². The van der Waals surface area contributed by atoms with Crippen molar-refractivity contribution in [3.63, 3.8) is 0 Å². The SMILES string of the molecule is CCn1nc(C)c(CC(=O)NCc2cc(Br)cs2)c1C. The number of hydrogen-bond acceptors (Lipinski definition) is 3. The molecule has 2 aromatic heterocycles. The Morgan fingerprint density at radius 2 is 2.25 bits per heavy atom. The van der Waals surface area contributed by atoms with Crippen molar-refractivity contribution in [3.8, 4) is 0 Å². The van der Waals surface area contributed by atoms with Gasteiger partial charge in [-0.2, -0.15) is 5.10 Å². The highest BCUT2D eigenvalue weighted by Crippen LogP contribution is 2.19. The summed E-state index contributed by atoms with van der Waals surface area (Å²) in [5.74, 6) is 0.0383. The Balaban J connectivity index is 1.96. The van der Waals surface area contributed by atoms with E-state index < -0.39 is 0 Å². The number of carbonyl (C=O) groups is 1. The van der Waals surface area contributed by atoms with E-state index in [-0.39, 0.29) is 5.91 Å². The van der Waals surface area contributed by atoms with E-state index >= 15 is 0 Å². The van der Waals surface area contributed by atoms with Crippen molar-refractivity contribution in [1.82, 2.24) is 15.1 Å². The lowest BCUT2D eigenvalue weighted by Crippen LogP contribution is -2.24. The highest BCUT2D eigenvalue weighted by atomic mass is 79.9. The zero-order chi connectivity index (χ0) is 14.7. The summed E-state index contributed by atoms with van der Waals surface area (Å²) in [4.78, 5) is 13.2. The standard InChI is InChI=1S/C14H18BrN3OS/c1-4-18-10(3)13(9(2)17-18)6-14(19)16-7-12-5-11(15)8-20-12/h5,8H,4,6-7H2,1-3H3,(H,16,19). The number of nitrogens with one attached hydrogen (secondary N) is 1. The van der Waals surface area contributed by atoms with Gasteiger partial charge >= 0.3 is 0 Å². The van der Waals surface area contributed by atoms with Gasteiger partial charge in [-0.15, -0.1) is 11.3 Å². The fraction of sp³-hybridized carbons (Fsp3) is 0.429. The monoisotopic (exact) mass is 355 g/mol. The molecule has 0 aliphatic heterocycles. The van der Waals surface area contributed by atoms with E-state index in [0.29, 0.717) is 13.0 Å². The number of carbonyl (C=O) groups excluding carboxylic acids is 1. The van der Waals surface area contributed by atoms with Crippen molar-refractivity contribution < 1.29 is 4.79 Å². The fourth-order valence-corrected chi connectivity index (χ4v) is 3.54. The molecule has 6 heteroatoms. The maximum atomic E-state index is 12.0. The van der Waals surface area contributed by atoms with Gasteiger partial charge in [-0.1, -0.05) is 0 Å². The molecule has 0 unspecified atom stereocenters. The Bertz CT molecular complexity index is 618. The van der Waals surface area contributed by atoms with Crippen LogP contribution >= 0.6 is 27.3 Å². The predicted molar refractivity (Wildman–Crippen MR) is 84.9 cm³/mol. The smallest absolute Gasteiger partial charge is 0.224 e. The largest absolute Gasteiger partial charge is 0.351 e. The molecule has 2 heterocycles. The lowest BCUT2D eigenvalue weighted by Gasteiger charge is -2.05.